The molecule has 0 unspecified atom stereocenters. The van der Waals surface area contributed by atoms with Crippen molar-refractivity contribution in [2.75, 3.05) is 24.4 Å². The molecule has 178 valence electrons. The molecule has 0 bridgehead atoms. The Hall–Kier alpha value is -2.78. The summed E-state index contributed by atoms with van der Waals surface area (Å²) in [5.41, 5.74) is 3.20. The molecule has 2 aromatic rings. The summed E-state index contributed by atoms with van der Waals surface area (Å²) in [6.45, 7) is 6.16. The van der Waals surface area contributed by atoms with Gasteiger partial charge in [-0.3, -0.25) is 9.62 Å². The topological polar surface area (TPSA) is 98.2 Å². The van der Waals surface area contributed by atoms with Crippen LogP contribution in [0.25, 0.3) is 0 Å². The number of aromatic nitrogens is 1. The van der Waals surface area contributed by atoms with E-state index >= 15 is 0 Å². The second-order valence-corrected chi connectivity index (χ2v) is 10.8. The molecule has 2 heterocycles. The highest BCUT2D eigenvalue weighted by atomic mass is 32.2. The van der Waals surface area contributed by atoms with Crippen LogP contribution in [0.5, 0.6) is 0 Å². The van der Waals surface area contributed by atoms with Gasteiger partial charge in [-0.2, -0.15) is 4.39 Å². The predicted octanol–water partition coefficient (Wildman–Crippen LogP) is 3.87. The third kappa shape index (κ3) is 7.36. The van der Waals surface area contributed by atoms with Crippen LogP contribution in [0.2, 0.25) is 0 Å². The van der Waals surface area contributed by atoms with Crippen LogP contribution in [0.3, 0.4) is 0 Å². The predicted molar refractivity (Wildman–Crippen MR) is 130 cm³/mol. The zero-order chi connectivity index (χ0) is 23.8. The van der Waals surface area contributed by atoms with Crippen LogP contribution in [0, 0.1) is 11.4 Å². The van der Waals surface area contributed by atoms with Gasteiger partial charge in [-0.25, -0.2) is 13.4 Å². The quantitative estimate of drug-likeness (QED) is 0.359. The van der Waals surface area contributed by atoms with Crippen molar-refractivity contribution < 1.29 is 12.8 Å². The largest absolute Gasteiger partial charge is 0.385 e. The summed E-state index contributed by atoms with van der Waals surface area (Å²) in [4.78, 5) is 6.13. The van der Waals surface area contributed by atoms with E-state index in [1.165, 1.54) is 12.3 Å². The number of pyridine rings is 1. The number of sulfonamides is 1. The molecule has 7 nitrogen and oxygen atoms in total. The Bertz CT molecular complexity index is 1080. The molecule has 0 amide bonds. The van der Waals surface area contributed by atoms with E-state index in [-0.39, 0.29) is 0 Å². The van der Waals surface area contributed by atoms with E-state index in [4.69, 9.17) is 5.41 Å². The van der Waals surface area contributed by atoms with Crippen LogP contribution in [-0.2, 0) is 16.6 Å². The van der Waals surface area contributed by atoms with Crippen molar-refractivity contribution in [3.8, 4) is 0 Å². The molecule has 1 saturated heterocycles. The number of likely N-dealkylation sites (tertiary alicyclic amines) is 1. The number of benzene rings is 1. The van der Waals surface area contributed by atoms with Gasteiger partial charge in [0.25, 0.3) is 0 Å². The van der Waals surface area contributed by atoms with Crippen LogP contribution in [0.4, 0.5) is 10.1 Å². The molecule has 0 atom stereocenters. The van der Waals surface area contributed by atoms with E-state index in [2.05, 4.69) is 26.0 Å². The van der Waals surface area contributed by atoms with Gasteiger partial charge in [0.2, 0.25) is 16.0 Å². The van der Waals surface area contributed by atoms with Crippen LogP contribution in [0.15, 0.2) is 54.2 Å². The standard InChI is InChI=1S/C24H32FN5O2S/c1-18(2)33(31,32)29-22-6-3-5-21(13-22)20-9-11-30(12-10-20)17-19(14-26)15-27-16-23-7-4-8-24(25)28-23/h3-8,13-15,18,20,26-27,29H,9-12,16-17H2,1-2H3/b19-15+,26-14?. The highest BCUT2D eigenvalue weighted by Crippen LogP contribution is 2.30. The van der Waals surface area contributed by atoms with Gasteiger partial charge in [-0.05, 0) is 81.1 Å². The first-order valence-electron chi connectivity index (χ1n) is 11.1. The normalized spacial score (nSPS) is 16.1. The molecular weight excluding hydrogens is 441 g/mol. The summed E-state index contributed by atoms with van der Waals surface area (Å²) < 4.78 is 40.2. The van der Waals surface area contributed by atoms with E-state index in [0.29, 0.717) is 30.4 Å². The lowest BCUT2D eigenvalue weighted by Gasteiger charge is -2.32. The SMILES string of the molecule is CC(C)S(=O)(=O)Nc1cccc(C2CCN(C/C(C=N)=C/NCc3cccc(F)n3)CC2)c1. The molecule has 9 heteroatoms. The highest BCUT2D eigenvalue weighted by molar-refractivity contribution is 7.93. The van der Waals surface area contributed by atoms with Gasteiger partial charge >= 0.3 is 0 Å². The second kappa shape index (κ2) is 11.4. The van der Waals surface area contributed by atoms with E-state index in [9.17, 15) is 12.8 Å². The van der Waals surface area contributed by atoms with Gasteiger partial charge in [-0.15, -0.1) is 0 Å². The molecule has 3 N–H and O–H groups in total. The van der Waals surface area contributed by atoms with Gasteiger partial charge in [0.05, 0.1) is 17.5 Å². The van der Waals surface area contributed by atoms with E-state index in [0.717, 1.165) is 37.1 Å². The maximum Gasteiger partial charge on any atom is 0.235 e. The number of rotatable bonds is 10. The van der Waals surface area contributed by atoms with Gasteiger partial charge in [-0.1, -0.05) is 18.2 Å². The Morgan fingerprint density at radius 2 is 1.97 bits per heavy atom. The number of anilines is 1. The number of halogens is 1. The summed E-state index contributed by atoms with van der Waals surface area (Å²) in [7, 11) is -3.37. The summed E-state index contributed by atoms with van der Waals surface area (Å²) in [5, 5.41) is 10.3. The zero-order valence-electron chi connectivity index (χ0n) is 19.1. The van der Waals surface area contributed by atoms with Gasteiger partial charge in [0, 0.05) is 24.6 Å². The minimum atomic E-state index is -3.37. The van der Waals surface area contributed by atoms with E-state index < -0.39 is 21.2 Å². The van der Waals surface area contributed by atoms with Crippen molar-refractivity contribution >= 4 is 21.9 Å². The smallest absolute Gasteiger partial charge is 0.235 e. The Kier molecular flexibility index (Phi) is 8.57. The lowest BCUT2D eigenvalue weighted by atomic mass is 9.89. The van der Waals surface area contributed by atoms with Crippen LogP contribution < -0.4 is 10.0 Å². The fraction of sp³-hybridized carbons (Fsp3) is 0.417. The molecular formula is C24H32FN5O2S. The fourth-order valence-electron chi connectivity index (χ4n) is 3.79. The molecule has 3 rings (SSSR count). The summed E-state index contributed by atoms with van der Waals surface area (Å²) in [6.07, 6.45) is 5.05. The number of hydrogen-bond donors (Lipinski definition) is 3. The molecule has 1 aromatic carbocycles. The van der Waals surface area contributed by atoms with E-state index in [1.54, 1.807) is 38.2 Å². The highest BCUT2D eigenvalue weighted by Gasteiger charge is 2.22. The van der Waals surface area contributed by atoms with Crippen LogP contribution in [-0.4, -0.2) is 49.4 Å². The summed E-state index contributed by atoms with van der Waals surface area (Å²) in [6, 6.07) is 12.4. The number of nitrogens with one attached hydrogen (secondary N) is 3. The van der Waals surface area contributed by atoms with E-state index in [1.807, 2.05) is 12.1 Å². The Labute approximate surface area is 195 Å². The van der Waals surface area contributed by atoms with Crippen LogP contribution >= 0.6 is 0 Å². The first-order chi connectivity index (χ1) is 15.8. The molecule has 0 aliphatic carbocycles. The van der Waals surface area contributed by atoms with Crippen molar-refractivity contribution in [3.05, 3.63) is 71.4 Å². The van der Waals surface area contributed by atoms with Crippen LogP contribution in [0.1, 0.15) is 43.9 Å². The van der Waals surface area contributed by atoms with Crippen molar-refractivity contribution in [2.24, 2.45) is 0 Å². The summed E-state index contributed by atoms with van der Waals surface area (Å²) in [5.74, 6) is -0.134. The molecule has 0 radical (unpaired) electrons. The molecule has 1 aliphatic heterocycles. The minimum Gasteiger partial charge on any atom is -0.385 e. The Balaban J connectivity index is 1.52. The molecule has 0 spiro atoms. The van der Waals surface area contributed by atoms with Gasteiger partial charge < -0.3 is 10.7 Å². The first-order valence-corrected chi connectivity index (χ1v) is 12.7. The van der Waals surface area contributed by atoms with Crippen molar-refractivity contribution in [3.63, 3.8) is 0 Å². The maximum atomic E-state index is 13.2. The Morgan fingerprint density at radius 1 is 1.24 bits per heavy atom. The first kappa shape index (κ1) is 24.9. The third-order valence-electron chi connectivity index (χ3n) is 5.76. The average Bonchev–Trinajstić information content (AvgIpc) is 2.79. The minimum absolute atomic E-state index is 0.370. The maximum absolute atomic E-state index is 13.2. The zero-order valence-corrected chi connectivity index (χ0v) is 19.9. The Morgan fingerprint density at radius 3 is 2.64 bits per heavy atom. The van der Waals surface area contributed by atoms with Crippen molar-refractivity contribution in [1.82, 2.24) is 15.2 Å². The van der Waals surface area contributed by atoms with Gasteiger partial charge in [0.1, 0.15) is 0 Å². The number of nitrogens with zero attached hydrogens (tertiary/aromatic N) is 2. The fourth-order valence-corrected chi connectivity index (χ4v) is 4.48. The monoisotopic (exact) mass is 473 g/mol. The lowest BCUT2D eigenvalue weighted by molar-refractivity contribution is 0.230. The molecule has 33 heavy (non-hydrogen) atoms. The molecule has 0 saturated carbocycles. The molecule has 1 aliphatic rings. The molecule has 1 fully saturated rings. The van der Waals surface area contributed by atoms with Gasteiger partial charge in [0.15, 0.2) is 0 Å². The summed E-state index contributed by atoms with van der Waals surface area (Å²) >= 11 is 0. The van der Waals surface area contributed by atoms with Crippen molar-refractivity contribution in [1.29, 1.82) is 5.41 Å². The number of hydrogen-bond acceptors (Lipinski definition) is 6. The lowest BCUT2D eigenvalue weighted by Crippen LogP contribution is -2.35. The molecule has 1 aromatic heterocycles. The number of piperidine rings is 1. The third-order valence-corrected chi connectivity index (χ3v) is 7.52. The van der Waals surface area contributed by atoms with Crippen molar-refractivity contribution in [2.45, 2.75) is 44.4 Å². The average molecular weight is 474 g/mol. The second-order valence-electron chi connectivity index (χ2n) is 8.57.